The summed E-state index contributed by atoms with van der Waals surface area (Å²) < 4.78 is 40.6. The number of carbonyl (C=O) groups is 1. The Morgan fingerprint density at radius 2 is 1.64 bits per heavy atom. The summed E-state index contributed by atoms with van der Waals surface area (Å²) in [7, 11) is -3.50. The Balaban J connectivity index is 1.68. The third kappa shape index (κ3) is 4.20. The zero-order valence-corrected chi connectivity index (χ0v) is 15.1. The molecule has 138 valence electrons. The molecule has 0 radical (unpaired) electrons. The van der Waals surface area contributed by atoms with Crippen LogP contribution >= 0.6 is 0 Å². The first kappa shape index (κ1) is 18.3. The van der Waals surface area contributed by atoms with E-state index < -0.39 is 22.2 Å². The van der Waals surface area contributed by atoms with Crippen LogP contribution in [0.4, 0.5) is 4.39 Å². The van der Waals surface area contributed by atoms with Crippen LogP contribution in [0.2, 0.25) is 0 Å². The van der Waals surface area contributed by atoms with Crippen molar-refractivity contribution in [3.63, 3.8) is 0 Å². The van der Waals surface area contributed by atoms with E-state index in [4.69, 9.17) is 0 Å². The number of carbonyl (C=O) groups excluding carboxylic acids is 1. The molecule has 1 aromatic rings. The van der Waals surface area contributed by atoms with Gasteiger partial charge in [0.1, 0.15) is 6.17 Å². The molecule has 5 nitrogen and oxygen atoms in total. The second kappa shape index (κ2) is 7.83. The molecule has 0 bridgehead atoms. The molecule has 2 aliphatic rings. The summed E-state index contributed by atoms with van der Waals surface area (Å²) in [6, 6.07) is 5.49. The molecular formula is C18H25FN2O3S. The number of amides is 1. The summed E-state index contributed by atoms with van der Waals surface area (Å²) in [6.45, 7) is 1.09. The maximum Gasteiger partial charge on any atom is 0.251 e. The van der Waals surface area contributed by atoms with Gasteiger partial charge in [-0.25, -0.2) is 12.8 Å². The Morgan fingerprint density at radius 3 is 2.28 bits per heavy atom. The summed E-state index contributed by atoms with van der Waals surface area (Å²) in [4.78, 5) is 12.5. The Morgan fingerprint density at radius 1 is 1.00 bits per heavy atom. The van der Waals surface area contributed by atoms with Crippen molar-refractivity contribution in [2.45, 2.75) is 62.1 Å². The van der Waals surface area contributed by atoms with Crippen molar-refractivity contribution < 1.29 is 17.6 Å². The largest absolute Gasteiger partial charge is 0.346 e. The highest BCUT2D eigenvalue weighted by Gasteiger charge is 2.28. The molecule has 2 fully saturated rings. The predicted octanol–water partition coefficient (Wildman–Crippen LogP) is 2.87. The lowest BCUT2D eigenvalue weighted by molar-refractivity contribution is 0.0884. The van der Waals surface area contributed by atoms with Crippen LogP contribution < -0.4 is 5.32 Å². The molecule has 1 heterocycles. The van der Waals surface area contributed by atoms with E-state index in [9.17, 15) is 17.6 Å². The van der Waals surface area contributed by atoms with Gasteiger partial charge in [0.2, 0.25) is 10.0 Å². The number of nitrogens with zero attached hydrogens (tertiary/aromatic N) is 1. The van der Waals surface area contributed by atoms with Gasteiger partial charge in [0.15, 0.2) is 0 Å². The second-order valence-electron chi connectivity index (χ2n) is 6.87. The van der Waals surface area contributed by atoms with Crippen LogP contribution in [0.15, 0.2) is 29.2 Å². The van der Waals surface area contributed by atoms with E-state index in [-0.39, 0.29) is 10.8 Å². The zero-order chi connectivity index (χ0) is 17.9. The number of nitrogens with one attached hydrogen (secondary N) is 1. The molecule has 25 heavy (non-hydrogen) atoms. The van der Waals surface area contributed by atoms with Crippen molar-refractivity contribution >= 4 is 15.9 Å². The summed E-state index contributed by atoms with van der Waals surface area (Å²) in [6.07, 6.45) is 4.72. The summed E-state index contributed by atoms with van der Waals surface area (Å²) in [5.74, 6) is -0.350. The summed E-state index contributed by atoms with van der Waals surface area (Å²) in [5.41, 5.74) is 0.357. The lowest BCUT2D eigenvalue weighted by Crippen LogP contribution is -2.43. The minimum absolute atomic E-state index is 0.201. The van der Waals surface area contributed by atoms with Crippen molar-refractivity contribution in [2.24, 2.45) is 0 Å². The number of piperidine rings is 1. The molecule has 1 saturated heterocycles. The average molecular weight is 368 g/mol. The summed E-state index contributed by atoms with van der Waals surface area (Å²) >= 11 is 0. The number of sulfonamides is 1. The highest BCUT2D eigenvalue weighted by atomic mass is 32.2. The van der Waals surface area contributed by atoms with E-state index in [1.54, 1.807) is 0 Å². The molecule has 1 amide bonds. The smallest absolute Gasteiger partial charge is 0.251 e. The van der Waals surface area contributed by atoms with Gasteiger partial charge in [-0.05, 0) is 49.9 Å². The lowest BCUT2D eigenvalue weighted by atomic mass is 9.93. The molecule has 1 N–H and O–H groups in total. The van der Waals surface area contributed by atoms with Crippen molar-refractivity contribution in [1.82, 2.24) is 9.62 Å². The van der Waals surface area contributed by atoms with Gasteiger partial charge < -0.3 is 5.32 Å². The number of hydrogen-bond donors (Lipinski definition) is 1. The van der Waals surface area contributed by atoms with Crippen LogP contribution in [0.25, 0.3) is 0 Å². The molecule has 3 rings (SSSR count). The number of halogens is 1. The van der Waals surface area contributed by atoms with Crippen molar-refractivity contribution in [1.29, 1.82) is 0 Å². The maximum atomic E-state index is 13.9. The fourth-order valence-electron chi connectivity index (χ4n) is 3.53. The molecule has 0 aromatic heterocycles. The van der Waals surface area contributed by atoms with E-state index in [0.29, 0.717) is 31.5 Å². The van der Waals surface area contributed by atoms with Crippen LogP contribution in [0.3, 0.4) is 0 Å². The van der Waals surface area contributed by atoms with Gasteiger partial charge in [0.05, 0.1) is 10.9 Å². The van der Waals surface area contributed by atoms with Crippen LogP contribution in [0.5, 0.6) is 0 Å². The first-order valence-corrected chi connectivity index (χ1v) is 10.5. The number of alkyl halides is 1. The molecule has 1 aromatic carbocycles. The lowest BCUT2D eigenvalue weighted by Gasteiger charge is -2.27. The van der Waals surface area contributed by atoms with E-state index in [1.165, 1.54) is 28.6 Å². The average Bonchev–Trinajstić information content (AvgIpc) is 2.64. The summed E-state index contributed by atoms with van der Waals surface area (Å²) in [5, 5.41) is 2.73. The fourth-order valence-corrected chi connectivity index (χ4v) is 5.05. The number of hydrogen-bond acceptors (Lipinski definition) is 3. The number of benzene rings is 1. The third-order valence-electron chi connectivity index (χ3n) is 5.07. The molecule has 0 unspecified atom stereocenters. The maximum absolute atomic E-state index is 13.9. The van der Waals surface area contributed by atoms with E-state index in [1.807, 2.05) is 0 Å². The van der Waals surface area contributed by atoms with Gasteiger partial charge in [-0.15, -0.1) is 0 Å². The normalized spacial score (nSPS) is 25.5. The molecule has 1 aliphatic carbocycles. The highest BCUT2D eigenvalue weighted by Crippen LogP contribution is 2.23. The minimum Gasteiger partial charge on any atom is -0.346 e. The van der Waals surface area contributed by atoms with E-state index >= 15 is 0 Å². The Kier molecular flexibility index (Phi) is 5.74. The van der Waals surface area contributed by atoms with Gasteiger partial charge in [-0.2, -0.15) is 4.31 Å². The molecule has 1 saturated carbocycles. The van der Waals surface area contributed by atoms with Crippen LogP contribution in [-0.2, 0) is 10.0 Å². The monoisotopic (exact) mass is 368 g/mol. The van der Waals surface area contributed by atoms with Crippen LogP contribution in [-0.4, -0.2) is 43.9 Å². The molecule has 0 spiro atoms. The molecule has 1 aliphatic heterocycles. The van der Waals surface area contributed by atoms with Crippen molar-refractivity contribution in [2.75, 3.05) is 13.1 Å². The van der Waals surface area contributed by atoms with E-state index in [0.717, 1.165) is 32.1 Å². The van der Waals surface area contributed by atoms with Crippen molar-refractivity contribution in [3.8, 4) is 0 Å². The van der Waals surface area contributed by atoms with Crippen molar-refractivity contribution in [3.05, 3.63) is 29.8 Å². The number of rotatable bonds is 4. The predicted molar refractivity (Wildman–Crippen MR) is 93.7 cm³/mol. The van der Waals surface area contributed by atoms with Gasteiger partial charge in [-0.3, -0.25) is 4.79 Å². The quantitative estimate of drug-likeness (QED) is 0.889. The Labute approximate surface area is 148 Å². The highest BCUT2D eigenvalue weighted by molar-refractivity contribution is 7.89. The van der Waals surface area contributed by atoms with Gasteiger partial charge in [0, 0.05) is 18.7 Å². The van der Waals surface area contributed by atoms with Crippen LogP contribution in [0.1, 0.15) is 55.3 Å². The SMILES string of the molecule is O=C(N[C@@H]1CCCC[C@H]1F)c1ccc(S(=O)(=O)N2CCCCC2)cc1. The molecule has 2 atom stereocenters. The zero-order valence-electron chi connectivity index (χ0n) is 14.3. The molecule has 7 heteroatoms. The second-order valence-corrected chi connectivity index (χ2v) is 8.81. The van der Waals surface area contributed by atoms with Gasteiger partial charge in [0.25, 0.3) is 5.91 Å². The van der Waals surface area contributed by atoms with Gasteiger partial charge in [-0.1, -0.05) is 19.3 Å². The Bertz CT molecular complexity index is 700. The minimum atomic E-state index is -3.50. The first-order valence-electron chi connectivity index (χ1n) is 9.03. The Hall–Kier alpha value is -1.47. The third-order valence-corrected chi connectivity index (χ3v) is 6.98. The standard InChI is InChI=1S/C18H25FN2O3S/c19-16-6-2-3-7-17(16)20-18(22)14-8-10-15(11-9-14)25(23,24)21-12-4-1-5-13-21/h8-11,16-17H,1-7,12-13H2,(H,20,22)/t16-,17-/m1/s1. The van der Waals surface area contributed by atoms with E-state index in [2.05, 4.69) is 5.32 Å². The van der Waals surface area contributed by atoms with Crippen LogP contribution in [0, 0.1) is 0 Å². The van der Waals surface area contributed by atoms with Gasteiger partial charge >= 0.3 is 0 Å². The fraction of sp³-hybridized carbons (Fsp3) is 0.611. The topological polar surface area (TPSA) is 66.5 Å². The molecular weight excluding hydrogens is 343 g/mol. The first-order chi connectivity index (χ1) is 12.0.